The topological polar surface area (TPSA) is 63.9 Å². The van der Waals surface area contributed by atoms with E-state index in [9.17, 15) is 0 Å². The normalized spacial score (nSPS) is 14.7. The second-order valence-corrected chi connectivity index (χ2v) is 5.42. The summed E-state index contributed by atoms with van der Waals surface area (Å²) in [6, 6.07) is 6.00. The standard InChI is InChI=1S/C16H17N3O/c1-20-9-6-7-13-11(8-9)14-15(17)10-4-2-3-5-12(10)18-16(14)19-13/h6-8H,2-5H2,1H3,(H3,17,18,19). The third-order valence-electron chi connectivity index (χ3n) is 4.27. The maximum atomic E-state index is 6.44. The Kier molecular flexibility index (Phi) is 2.39. The van der Waals surface area contributed by atoms with Gasteiger partial charge in [-0.15, -0.1) is 0 Å². The van der Waals surface area contributed by atoms with Gasteiger partial charge in [-0.05, 0) is 49.4 Å². The highest BCUT2D eigenvalue weighted by Crippen LogP contribution is 2.36. The van der Waals surface area contributed by atoms with E-state index in [1.54, 1.807) is 7.11 Å². The number of aryl methyl sites for hydroxylation is 1. The number of pyridine rings is 1. The number of H-pyrrole nitrogens is 1. The van der Waals surface area contributed by atoms with Gasteiger partial charge in [-0.1, -0.05) is 0 Å². The van der Waals surface area contributed by atoms with Crippen LogP contribution in [0.4, 0.5) is 5.69 Å². The van der Waals surface area contributed by atoms with Crippen molar-refractivity contribution in [1.82, 2.24) is 9.97 Å². The molecule has 0 radical (unpaired) electrons. The van der Waals surface area contributed by atoms with Gasteiger partial charge in [0.25, 0.3) is 0 Å². The van der Waals surface area contributed by atoms with Gasteiger partial charge in [0.05, 0.1) is 7.11 Å². The fourth-order valence-corrected chi connectivity index (χ4v) is 3.23. The molecule has 4 heteroatoms. The SMILES string of the molecule is COc1ccc2[nH]c3nc4c(c(N)c3c2c1)CCCC4. The first-order valence-electron chi connectivity index (χ1n) is 7.04. The van der Waals surface area contributed by atoms with Crippen LogP contribution in [0.2, 0.25) is 0 Å². The molecule has 0 saturated heterocycles. The summed E-state index contributed by atoms with van der Waals surface area (Å²) in [7, 11) is 1.68. The van der Waals surface area contributed by atoms with E-state index in [0.29, 0.717) is 0 Å². The third-order valence-corrected chi connectivity index (χ3v) is 4.27. The molecule has 4 nitrogen and oxygen atoms in total. The van der Waals surface area contributed by atoms with E-state index < -0.39 is 0 Å². The average molecular weight is 267 g/mol. The minimum absolute atomic E-state index is 0.843. The molecule has 2 heterocycles. The van der Waals surface area contributed by atoms with Crippen LogP contribution in [-0.4, -0.2) is 17.1 Å². The van der Waals surface area contributed by atoms with Crippen LogP contribution in [-0.2, 0) is 12.8 Å². The largest absolute Gasteiger partial charge is 0.497 e. The monoisotopic (exact) mass is 267 g/mol. The van der Waals surface area contributed by atoms with Crippen LogP contribution in [0.3, 0.4) is 0 Å². The number of nitrogens with two attached hydrogens (primary N) is 1. The van der Waals surface area contributed by atoms with Gasteiger partial charge in [0.15, 0.2) is 0 Å². The van der Waals surface area contributed by atoms with Crippen molar-refractivity contribution in [2.75, 3.05) is 12.8 Å². The van der Waals surface area contributed by atoms with E-state index in [4.69, 9.17) is 15.5 Å². The highest BCUT2D eigenvalue weighted by Gasteiger charge is 2.19. The number of hydrogen-bond donors (Lipinski definition) is 2. The minimum atomic E-state index is 0.843. The molecule has 102 valence electrons. The molecule has 0 bridgehead atoms. The number of nitrogens with zero attached hydrogens (tertiary/aromatic N) is 1. The third kappa shape index (κ3) is 1.51. The number of hydrogen-bond acceptors (Lipinski definition) is 3. The Morgan fingerprint density at radius 3 is 2.95 bits per heavy atom. The first kappa shape index (κ1) is 11.6. The number of fused-ring (bicyclic) bond motifs is 4. The minimum Gasteiger partial charge on any atom is -0.497 e. The van der Waals surface area contributed by atoms with Crippen molar-refractivity contribution in [3.05, 3.63) is 29.5 Å². The van der Waals surface area contributed by atoms with Crippen molar-refractivity contribution in [3.8, 4) is 5.75 Å². The van der Waals surface area contributed by atoms with Gasteiger partial charge in [0, 0.05) is 27.7 Å². The summed E-state index contributed by atoms with van der Waals surface area (Å²) in [6.07, 6.45) is 4.49. The zero-order chi connectivity index (χ0) is 13.7. The van der Waals surface area contributed by atoms with E-state index in [1.807, 2.05) is 18.2 Å². The quantitative estimate of drug-likeness (QED) is 0.711. The predicted octanol–water partition coefficient (Wildman–Crippen LogP) is 3.19. The maximum Gasteiger partial charge on any atom is 0.140 e. The van der Waals surface area contributed by atoms with Crippen molar-refractivity contribution in [1.29, 1.82) is 0 Å². The van der Waals surface area contributed by atoms with Gasteiger partial charge < -0.3 is 15.5 Å². The van der Waals surface area contributed by atoms with E-state index >= 15 is 0 Å². The Morgan fingerprint density at radius 1 is 1.25 bits per heavy atom. The molecule has 0 unspecified atom stereocenters. The Bertz CT molecular complexity index is 820. The highest BCUT2D eigenvalue weighted by molar-refractivity contribution is 6.12. The Labute approximate surface area is 116 Å². The number of nitrogen functional groups attached to an aromatic ring is 1. The fourth-order valence-electron chi connectivity index (χ4n) is 3.23. The predicted molar refractivity (Wildman–Crippen MR) is 81.2 cm³/mol. The lowest BCUT2D eigenvalue weighted by Crippen LogP contribution is -2.09. The van der Waals surface area contributed by atoms with Gasteiger partial charge in [-0.25, -0.2) is 4.98 Å². The summed E-state index contributed by atoms with van der Waals surface area (Å²) in [5, 5.41) is 2.14. The van der Waals surface area contributed by atoms with Gasteiger partial charge in [0.1, 0.15) is 11.4 Å². The number of nitrogens with one attached hydrogen (secondary N) is 1. The molecule has 1 aliphatic carbocycles. The van der Waals surface area contributed by atoms with Crippen LogP contribution < -0.4 is 10.5 Å². The number of benzene rings is 1. The number of methoxy groups -OCH3 is 1. The molecule has 3 aromatic rings. The fraction of sp³-hybridized carbons (Fsp3) is 0.312. The highest BCUT2D eigenvalue weighted by atomic mass is 16.5. The average Bonchev–Trinajstić information content (AvgIpc) is 2.84. The second kappa shape index (κ2) is 4.13. The zero-order valence-corrected chi connectivity index (χ0v) is 11.5. The molecule has 0 fully saturated rings. The molecular weight excluding hydrogens is 250 g/mol. The number of rotatable bonds is 1. The zero-order valence-electron chi connectivity index (χ0n) is 11.5. The van der Waals surface area contributed by atoms with Gasteiger partial charge in [-0.3, -0.25) is 0 Å². The second-order valence-electron chi connectivity index (χ2n) is 5.42. The van der Waals surface area contributed by atoms with Gasteiger partial charge in [-0.2, -0.15) is 0 Å². The molecule has 2 aromatic heterocycles. The van der Waals surface area contributed by atoms with Crippen molar-refractivity contribution in [2.24, 2.45) is 0 Å². The number of anilines is 1. The summed E-state index contributed by atoms with van der Waals surface area (Å²) in [6.45, 7) is 0. The van der Waals surface area contributed by atoms with Crippen LogP contribution in [0, 0.1) is 0 Å². The van der Waals surface area contributed by atoms with Gasteiger partial charge >= 0.3 is 0 Å². The lowest BCUT2D eigenvalue weighted by atomic mass is 9.93. The molecule has 3 N–H and O–H groups in total. The first-order valence-corrected chi connectivity index (χ1v) is 7.04. The molecule has 0 spiro atoms. The smallest absolute Gasteiger partial charge is 0.140 e. The Hall–Kier alpha value is -2.23. The van der Waals surface area contributed by atoms with Crippen molar-refractivity contribution in [2.45, 2.75) is 25.7 Å². The van der Waals surface area contributed by atoms with E-state index in [0.717, 1.165) is 46.2 Å². The van der Waals surface area contributed by atoms with E-state index in [1.165, 1.54) is 24.1 Å². The van der Waals surface area contributed by atoms with E-state index in [-0.39, 0.29) is 0 Å². The van der Waals surface area contributed by atoms with Crippen molar-refractivity contribution in [3.63, 3.8) is 0 Å². The Balaban J connectivity index is 2.11. The summed E-state index contributed by atoms with van der Waals surface area (Å²) in [5.41, 5.74) is 11.7. The molecular formula is C16H17N3O. The van der Waals surface area contributed by atoms with Crippen LogP contribution in [0.15, 0.2) is 18.2 Å². The molecule has 0 aliphatic heterocycles. The summed E-state index contributed by atoms with van der Waals surface area (Å²) < 4.78 is 5.32. The molecule has 4 rings (SSSR count). The molecule has 0 atom stereocenters. The molecule has 0 saturated carbocycles. The summed E-state index contributed by atoms with van der Waals surface area (Å²) >= 11 is 0. The van der Waals surface area contributed by atoms with Crippen molar-refractivity contribution >= 4 is 27.6 Å². The summed E-state index contributed by atoms with van der Waals surface area (Å²) in [5.74, 6) is 0.843. The maximum absolute atomic E-state index is 6.44. The first-order chi connectivity index (χ1) is 9.78. The molecule has 20 heavy (non-hydrogen) atoms. The number of aromatic amines is 1. The van der Waals surface area contributed by atoms with Gasteiger partial charge in [0.2, 0.25) is 0 Å². The number of aromatic nitrogens is 2. The molecule has 0 amide bonds. The Morgan fingerprint density at radius 2 is 2.10 bits per heavy atom. The van der Waals surface area contributed by atoms with Crippen LogP contribution in [0.1, 0.15) is 24.1 Å². The number of ether oxygens (including phenoxy) is 1. The van der Waals surface area contributed by atoms with Crippen LogP contribution in [0.5, 0.6) is 5.75 Å². The van der Waals surface area contributed by atoms with Crippen molar-refractivity contribution < 1.29 is 4.74 Å². The summed E-state index contributed by atoms with van der Waals surface area (Å²) in [4.78, 5) is 8.17. The van der Waals surface area contributed by atoms with E-state index in [2.05, 4.69) is 4.98 Å². The lowest BCUT2D eigenvalue weighted by Gasteiger charge is -2.17. The molecule has 1 aliphatic rings. The molecule has 1 aromatic carbocycles. The lowest BCUT2D eigenvalue weighted by molar-refractivity contribution is 0.415. The van der Waals surface area contributed by atoms with Crippen LogP contribution >= 0.6 is 0 Å². The van der Waals surface area contributed by atoms with Crippen LogP contribution in [0.25, 0.3) is 21.9 Å².